The molecule has 0 saturated heterocycles. The summed E-state index contributed by atoms with van der Waals surface area (Å²) in [4.78, 5) is 13.4. The Morgan fingerprint density at radius 2 is 1.71 bits per heavy atom. The summed E-state index contributed by atoms with van der Waals surface area (Å²) in [6.45, 7) is 5.42. The van der Waals surface area contributed by atoms with Gasteiger partial charge in [-0.1, -0.05) is 59.1 Å². The molecule has 1 amide bonds. The normalized spacial score (nSPS) is 16.7. The number of nitrogens with zero attached hydrogens (tertiary/aromatic N) is 1. The van der Waals surface area contributed by atoms with Crippen molar-refractivity contribution in [2.75, 3.05) is 10.8 Å². The molecule has 0 radical (unpaired) electrons. The first kappa shape index (κ1) is 25.4. The SMILES string of the molecule is Cc1ccc2c(c1)C(NC(=O)CN(c1cc(Cl)cc(Cl)c1)S(=O)(=O)c1ccccc1)CC(C)(C)O2. The third-order valence-electron chi connectivity index (χ3n) is 5.71. The van der Waals surface area contributed by atoms with Crippen LogP contribution in [-0.4, -0.2) is 26.5 Å². The van der Waals surface area contributed by atoms with Crippen molar-refractivity contribution in [1.82, 2.24) is 5.32 Å². The molecule has 9 heteroatoms. The third kappa shape index (κ3) is 5.74. The third-order valence-corrected chi connectivity index (χ3v) is 7.94. The van der Waals surface area contributed by atoms with E-state index in [1.54, 1.807) is 18.2 Å². The highest BCUT2D eigenvalue weighted by molar-refractivity contribution is 7.92. The summed E-state index contributed by atoms with van der Waals surface area (Å²) in [7, 11) is -4.08. The number of anilines is 1. The molecule has 184 valence electrons. The summed E-state index contributed by atoms with van der Waals surface area (Å²) in [6.07, 6.45) is 0.531. The Hall–Kier alpha value is -2.74. The van der Waals surface area contributed by atoms with E-state index in [9.17, 15) is 13.2 Å². The molecule has 1 unspecified atom stereocenters. The van der Waals surface area contributed by atoms with Gasteiger partial charge < -0.3 is 10.1 Å². The summed E-state index contributed by atoms with van der Waals surface area (Å²) in [5.41, 5.74) is 1.59. The van der Waals surface area contributed by atoms with Crippen LogP contribution in [0, 0.1) is 6.92 Å². The first-order valence-corrected chi connectivity index (χ1v) is 13.3. The van der Waals surface area contributed by atoms with Gasteiger partial charge in [-0.05, 0) is 57.2 Å². The highest BCUT2D eigenvalue weighted by Crippen LogP contribution is 2.40. The van der Waals surface area contributed by atoms with Crippen molar-refractivity contribution in [3.05, 3.63) is 87.9 Å². The number of rotatable bonds is 6. The summed E-state index contributed by atoms with van der Waals surface area (Å²) >= 11 is 12.3. The molecule has 1 N–H and O–H groups in total. The molecule has 0 aromatic heterocycles. The van der Waals surface area contributed by atoms with Crippen molar-refractivity contribution in [2.24, 2.45) is 0 Å². The van der Waals surface area contributed by atoms with Crippen LogP contribution in [-0.2, 0) is 14.8 Å². The minimum atomic E-state index is -4.08. The number of fused-ring (bicyclic) bond motifs is 1. The van der Waals surface area contributed by atoms with Crippen LogP contribution in [0.4, 0.5) is 5.69 Å². The van der Waals surface area contributed by atoms with Gasteiger partial charge in [-0.25, -0.2) is 8.42 Å². The molecule has 4 rings (SSSR count). The molecule has 0 bridgehead atoms. The van der Waals surface area contributed by atoms with E-state index in [4.69, 9.17) is 27.9 Å². The zero-order valence-corrected chi connectivity index (χ0v) is 21.9. The Labute approximate surface area is 215 Å². The number of carbonyl (C=O) groups excluding carboxylic acids is 1. The van der Waals surface area contributed by atoms with E-state index in [1.807, 2.05) is 39.0 Å². The van der Waals surface area contributed by atoms with Crippen LogP contribution in [0.25, 0.3) is 0 Å². The smallest absolute Gasteiger partial charge is 0.264 e. The zero-order valence-electron chi connectivity index (χ0n) is 19.6. The van der Waals surface area contributed by atoms with Crippen molar-refractivity contribution >= 4 is 44.8 Å². The molecule has 0 aliphatic carbocycles. The van der Waals surface area contributed by atoms with Crippen LogP contribution >= 0.6 is 23.2 Å². The minimum absolute atomic E-state index is 0.0528. The number of sulfonamides is 1. The highest BCUT2D eigenvalue weighted by atomic mass is 35.5. The van der Waals surface area contributed by atoms with Gasteiger partial charge in [-0.3, -0.25) is 9.10 Å². The molecule has 1 aliphatic heterocycles. The van der Waals surface area contributed by atoms with Gasteiger partial charge in [0.1, 0.15) is 17.9 Å². The first-order valence-electron chi connectivity index (χ1n) is 11.1. The van der Waals surface area contributed by atoms with Crippen LogP contribution in [0.15, 0.2) is 71.6 Å². The molecule has 3 aromatic rings. The van der Waals surface area contributed by atoms with E-state index in [0.717, 1.165) is 15.4 Å². The lowest BCUT2D eigenvalue weighted by Crippen LogP contribution is -2.45. The van der Waals surface area contributed by atoms with Gasteiger partial charge in [0, 0.05) is 22.0 Å². The molecule has 6 nitrogen and oxygen atoms in total. The Balaban J connectivity index is 1.68. The molecule has 1 aliphatic rings. The molecular weight excluding hydrogens is 507 g/mol. The van der Waals surface area contributed by atoms with E-state index >= 15 is 0 Å². The maximum absolute atomic E-state index is 13.6. The number of ether oxygens (including phenoxy) is 1. The van der Waals surface area contributed by atoms with Gasteiger partial charge in [-0.15, -0.1) is 0 Å². The quantitative estimate of drug-likeness (QED) is 0.427. The second-order valence-electron chi connectivity index (χ2n) is 9.18. The fourth-order valence-corrected chi connectivity index (χ4v) is 6.13. The van der Waals surface area contributed by atoms with Crippen LogP contribution in [0.3, 0.4) is 0 Å². The molecule has 3 aromatic carbocycles. The lowest BCUT2D eigenvalue weighted by Gasteiger charge is -2.38. The highest BCUT2D eigenvalue weighted by Gasteiger charge is 2.35. The van der Waals surface area contributed by atoms with Crippen molar-refractivity contribution in [2.45, 2.75) is 43.7 Å². The molecule has 1 atom stereocenters. The fourth-order valence-electron chi connectivity index (χ4n) is 4.19. The summed E-state index contributed by atoms with van der Waals surface area (Å²) in [5.74, 6) is 0.239. The predicted molar refractivity (Wildman–Crippen MR) is 139 cm³/mol. The van der Waals surface area contributed by atoms with Crippen molar-refractivity contribution in [3.8, 4) is 5.75 Å². The Bertz CT molecular complexity index is 1340. The van der Waals surface area contributed by atoms with Gasteiger partial charge in [-0.2, -0.15) is 0 Å². The lowest BCUT2D eigenvalue weighted by atomic mass is 9.89. The monoisotopic (exact) mass is 532 g/mol. The maximum atomic E-state index is 13.6. The van der Waals surface area contributed by atoms with Crippen molar-refractivity contribution in [1.29, 1.82) is 0 Å². The Kier molecular flexibility index (Phi) is 7.04. The predicted octanol–water partition coefficient (Wildman–Crippen LogP) is 5.92. The second-order valence-corrected chi connectivity index (χ2v) is 11.9. The molecular formula is C26H26Cl2N2O4S. The van der Waals surface area contributed by atoms with E-state index in [2.05, 4.69) is 5.32 Å². The van der Waals surface area contributed by atoms with E-state index < -0.39 is 28.1 Å². The van der Waals surface area contributed by atoms with Crippen molar-refractivity contribution in [3.63, 3.8) is 0 Å². The van der Waals surface area contributed by atoms with Crippen LogP contribution in [0.5, 0.6) is 5.75 Å². The van der Waals surface area contributed by atoms with E-state index in [-0.39, 0.29) is 26.7 Å². The van der Waals surface area contributed by atoms with Gasteiger partial charge in [0.05, 0.1) is 16.6 Å². The summed E-state index contributed by atoms with van der Waals surface area (Å²) in [6, 6.07) is 17.9. The standard InChI is InChI=1S/C26H26Cl2N2O4S/c1-17-9-10-24-22(11-17)23(15-26(2,3)34-24)29-25(31)16-30(20-13-18(27)12-19(28)14-20)35(32,33)21-7-5-4-6-8-21/h4-14,23H,15-16H2,1-3H3,(H,29,31). The molecule has 0 spiro atoms. The average molecular weight is 533 g/mol. The van der Waals surface area contributed by atoms with Gasteiger partial charge >= 0.3 is 0 Å². The largest absolute Gasteiger partial charge is 0.487 e. The number of carbonyl (C=O) groups is 1. The van der Waals surface area contributed by atoms with Crippen LogP contribution in [0.2, 0.25) is 10.0 Å². The molecule has 35 heavy (non-hydrogen) atoms. The van der Waals surface area contributed by atoms with E-state index in [0.29, 0.717) is 12.2 Å². The molecule has 0 saturated carbocycles. The van der Waals surface area contributed by atoms with Crippen molar-refractivity contribution < 1.29 is 17.9 Å². The average Bonchev–Trinajstić information content (AvgIpc) is 2.77. The number of hydrogen-bond donors (Lipinski definition) is 1. The molecule has 1 heterocycles. The second kappa shape index (κ2) is 9.72. The summed E-state index contributed by atoms with van der Waals surface area (Å²) in [5, 5.41) is 3.54. The Morgan fingerprint density at radius 3 is 2.37 bits per heavy atom. The zero-order chi connectivity index (χ0) is 25.4. The number of amides is 1. The number of halogens is 2. The fraction of sp³-hybridized carbons (Fsp3) is 0.269. The van der Waals surface area contributed by atoms with Crippen LogP contribution < -0.4 is 14.4 Å². The van der Waals surface area contributed by atoms with Gasteiger partial charge in [0.15, 0.2) is 0 Å². The Morgan fingerprint density at radius 1 is 1.06 bits per heavy atom. The number of hydrogen-bond acceptors (Lipinski definition) is 4. The lowest BCUT2D eigenvalue weighted by molar-refractivity contribution is -0.120. The van der Waals surface area contributed by atoms with Gasteiger partial charge in [0.2, 0.25) is 5.91 Å². The maximum Gasteiger partial charge on any atom is 0.264 e. The van der Waals surface area contributed by atoms with Crippen LogP contribution in [0.1, 0.15) is 37.4 Å². The van der Waals surface area contributed by atoms with E-state index in [1.165, 1.54) is 30.3 Å². The summed E-state index contributed by atoms with van der Waals surface area (Å²) < 4.78 is 34.3. The first-order chi connectivity index (χ1) is 16.4. The number of benzene rings is 3. The minimum Gasteiger partial charge on any atom is -0.487 e. The van der Waals surface area contributed by atoms with Gasteiger partial charge in [0.25, 0.3) is 10.0 Å². The number of aryl methyl sites for hydroxylation is 1. The number of nitrogens with one attached hydrogen (secondary N) is 1. The molecule has 0 fully saturated rings. The topological polar surface area (TPSA) is 75.7 Å².